The van der Waals surface area contributed by atoms with Gasteiger partial charge in [0.2, 0.25) is 0 Å². The molecule has 21 heavy (non-hydrogen) atoms. The van der Waals surface area contributed by atoms with Crippen LogP contribution in [0, 0.1) is 5.82 Å². The number of hydrogen-bond acceptors (Lipinski definition) is 4. The lowest BCUT2D eigenvalue weighted by Crippen LogP contribution is -2.09. The Bertz CT molecular complexity index is 644. The van der Waals surface area contributed by atoms with Crippen molar-refractivity contribution in [2.45, 2.75) is 6.42 Å². The third-order valence-corrected chi connectivity index (χ3v) is 3.14. The van der Waals surface area contributed by atoms with E-state index in [1.54, 1.807) is 36.4 Å². The maximum atomic E-state index is 13.5. The summed E-state index contributed by atoms with van der Waals surface area (Å²) in [5.41, 5.74) is 8.08. The van der Waals surface area contributed by atoms with Crippen molar-refractivity contribution in [3.8, 4) is 0 Å². The molecule has 0 aliphatic carbocycles. The minimum absolute atomic E-state index is 0.215. The zero-order valence-corrected chi connectivity index (χ0v) is 11.7. The van der Waals surface area contributed by atoms with Crippen molar-refractivity contribution in [1.82, 2.24) is 0 Å². The Morgan fingerprint density at radius 2 is 2.05 bits per heavy atom. The molecule has 2 rings (SSSR count). The first-order valence-corrected chi connectivity index (χ1v) is 6.57. The predicted molar refractivity (Wildman–Crippen MR) is 80.8 cm³/mol. The molecule has 110 valence electrons. The second kappa shape index (κ2) is 6.74. The first kappa shape index (κ1) is 14.8. The van der Waals surface area contributed by atoms with Crippen LogP contribution in [0.5, 0.6) is 0 Å². The quantitative estimate of drug-likeness (QED) is 0.656. The smallest absolute Gasteiger partial charge is 0.337 e. The number of nitrogens with one attached hydrogen (secondary N) is 1. The lowest BCUT2D eigenvalue weighted by molar-refractivity contribution is 0.0601. The highest BCUT2D eigenvalue weighted by Gasteiger charge is 2.08. The van der Waals surface area contributed by atoms with Gasteiger partial charge in [0, 0.05) is 6.54 Å². The Balaban J connectivity index is 1.98. The fourth-order valence-electron chi connectivity index (χ4n) is 2.00. The Hall–Kier alpha value is -2.56. The second-order valence-corrected chi connectivity index (χ2v) is 4.56. The molecular weight excluding hydrogens is 271 g/mol. The minimum atomic E-state index is -0.431. The Morgan fingerprint density at radius 3 is 2.71 bits per heavy atom. The maximum Gasteiger partial charge on any atom is 0.337 e. The number of nitrogen functional groups attached to an aromatic ring is 1. The van der Waals surface area contributed by atoms with Crippen LogP contribution in [0.3, 0.4) is 0 Å². The van der Waals surface area contributed by atoms with Gasteiger partial charge in [-0.2, -0.15) is 0 Å². The lowest BCUT2D eigenvalue weighted by Gasteiger charge is -2.10. The summed E-state index contributed by atoms with van der Waals surface area (Å²) in [5, 5.41) is 3.13. The average Bonchev–Trinajstić information content (AvgIpc) is 2.50. The molecule has 0 heterocycles. The molecular formula is C16H17FN2O2. The van der Waals surface area contributed by atoms with Gasteiger partial charge in [0.15, 0.2) is 0 Å². The van der Waals surface area contributed by atoms with Crippen molar-refractivity contribution in [3.63, 3.8) is 0 Å². The van der Waals surface area contributed by atoms with Crippen molar-refractivity contribution in [2.75, 3.05) is 24.7 Å². The summed E-state index contributed by atoms with van der Waals surface area (Å²) in [6.45, 7) is 0.544. The van der Waals surface area contributed by atoms with Crippen LogP contribution in [0.15, 0.2) is 42.5 Å². The molecule has 2 aromatic carbocycles. The van der Waals surface area contributed by atoms with E-state index in [2.05, 4.69) is 10.1 Å². The summed E-state index contributed by atoms with van der Waals surface area (Å²) >= 11 is 0. The van der Waals surface area contributed by atoms with E-state index in [9.17, 15) is 9.18 Å². The van der Waals surface area contributed by atoms with E-state index in [1.807, 2.05) is 0 Å². The number of methoxy groups -OCH3 is 1. The first-order chi connectivity index (χ1) is 10.1. The highest BCUT2D eigenvalue weighted by molar-refractivity contribution is 5.91. The molecule has 0 aliphatic heterocycles. The van der Waals surface area contributed by atoms with Crippen molar-refractivity contribution in [1.29, 1.82) is 0 Å². The molecule has 0 fully saturated rings. The molecule has 0 bridgehead atoms. The molecule has 0 unspecified atom stereocenters. The summed E-state index contributed by atoms with van der Waals surface area (Å²) in [5.74, 6) is -0.645. The normalized spacial score (nSPS) is 10.2. The fourth-order valence-corrected chi connectivity index (χ4v) is 2.00. The van der Waals surface area contributed by atoms with Gasteiger partial charge in [-0.15, -0.1) is 0 Å². The summed E-state index contributed by atoms with van der Waals surface area (Å²) in [7, 11) is 1.32. The third kappa shape index (κ3) is 3.72. The van der Waals surface area contributed by atoms with Gasteiger partial charge in [0.1, 0.15) is 5.82 Å². The van der Waals surface area contributed by atoms with Crippen LogP contribution in [0.2, 0.25) is 0 Å². The van der Waals surface area contributed by atoms with Crippen molar-refractivity contribution >= 4 is 17.3 Å². The highest BCUT2D eigenvalue weighted by Crippen LogP contribution is 2.20. The number of ether oxygens (including phenoxy) is 1. The Kier molecular flexibility index (Phi) is 4.77. The van der Waals surface area contributed by atoms with Crippen LogP contribution < -0.4 is 11.1 Å². The summed E-state index contributed by atoms with van der Waals surface area (Å²) in [6.07, 6.45) is 0.546. The van der Waals surface area contributed by atoms with Gasteiger partial charge in [-0.25, -0.2) is 9.18 Å². The minimum Gasteiger partial charge on any atom is -0.465 e. The van der Waals surface area contributed by atoms with E-state index < -0.39 is 5.97 Å². The molecule has 3 N–H and O–H groups in total. The zero-order valence-electron chi connectivity index (χ0n) is 11.7. The van der Waals surface area contributed by atoms with Crippen LogP contribution in [-0.2, 0) is 11.2 Å². The van der Waals surface area contributed by atoms with E-state index in [-0.39, 0.29) is 5.82 Å². The van der Waals surface area contributed by atoms with Gasteiger partial charge in [0.25, 0.3) is 0 Å². The van der Waals surface area contributed by atoms with Crippen molar-refractivity contribution < 1.29 is 13.9 Å². The molecule has 2 aromatic rings. The SMILES string of the molecule is COC(=O)c1ccc(NCCc2ccccc2F)c(N)c1. The summed E-state index contributed by atoms with van der Waals surface area (Å²) in [4.78, 5) is 11.4. The van der Waals surface area contributed by atoms with Gasteiger partial charge in [0.05, 0.1) is 24.0 Å². The maximum absolute atomic E-state index is 13.5. The second-order valence-electron chi connectivity index (χ2n) is 4.56. The number of hydrogen-bond donors (Lipinski definition) is 2. The molecule has 0 radical (unpaired) electrons. The number of nitrogens with two attached hydrogens (primary N) is 1. The number of carbonyl (C=O) groups excluding carboxylic acids is 1. The number of halogens is 1. The molecule has 0 amide bonds. The summed E-state index contributed by atoms with van der Waals surface area (Å²) < 4.78 is 18.1. The topological polar surface area (TPSA) is 64.3 Å². The number of rotatable bonds is 5. The third-order valence-electron chi connectivity index (χ3n) is 3.14. The van der Waals surface area contributed by atoms with E-state index >= 15 is 0 Å². The average molecular weight is 288 g/mol. The highest BCUT2D eigenvalue weighted by atomic mass is 19.1. The molecule has 0 aromatic heterocycles. The molecule has 0 atom stereocenters. The van der Waals surface area contributed by atoms with E-state index in [1.165, 1.54) is 13.2 Å². The number of carbonyl (C=O) groups is 1. The van der Waals surface area contributed by atoms with Gasteiger partial charge in [-0.3, -0.25) is 0 Å². The number of benzene rings is 2. The van der Waals surface area contributed by atoms with Gasteiger partial charge in [-0.1, -0.05) is 18.2 Å². The van der Waals surface area contributed by atoms with Crippen molar-refractivity contribution in [2.24, 2.45) is 0 Å². The van der Waals surface area contributed by atoms with Gasteiger partial charge >= 0.3 is 5.97 Å². The first-order valence-electron chi connectivity index (χ1n) is 6.57. The summed E-state index contributed by atoms with van der Waals surface area (Å²) in [6, 6.07) is 11.6. The molecule has 0 spiro atoms. The predicted octanol–water partition coefficient (Wildman–Crippen LogP) is 2.85. The van der Waals surface area contributed by atoms with Gasteiger partial charge < -0.3 is 15.8 Å². The Morgan fingerprint density at radius 1 is 1.29 bits per heavy atom. The van der Waals surface area contributed by atoms with E-state index in [0.717, 1.165) is 0 Å². The largest absolute Gasteiger partial charge is 0.465 e. The molecule has 0 aliphatic rings. The van der Waals surface area contributed by atoms with Crippen LogP contribution in [0.4, 0.5) is 15.8 Å². The molecule has 4 nitrogen and oxygen atoms in total. The van der Waals surface area contributed by atoms with Crippen LogP contribution in [-0.4, -0.2) is 19.6 Å². The van der Waals surface area contributed by atoms with Crippen LogP contribution >= 0.6 is 0 Å². The molecule has 5 heteroatoms. The number of anilines is 2. The Labute approximate surface area is 122 Å². The fraction of sp³-hybridized carbons (Fsp3) is 0.188. The molecule has 0 saturated heterocycles. The van der Waals surface area contributed by atoms with Crippen molar-refractivity contribution in [3.05, 3.63) is 59.4 Å². The monoisotopic (exact) mass is 288 g/mol. The van der Waals surface area contributed by atoms with Crippen LogP contribution in [0.25, 0.3) is 0 Å². The number of esters is 1. The zero-order chi connectivity index (χ0) is 15.2. The lowest BCUT2D eigenvalue weighted by atomic mass is 10.1. The van der Waals surface area contributed by atoms with E-state index in [4.69, 9.17) is 5.73 Å². The van der Waals surface area contributed by atoms with Gasteiger partial charge in [-0.05, 0) is 36.2 Å². The van der Waals surface area contributed by atoms with Crippen LogP contribution in [0.1, 0.15) is 15.9 Å². The van der Waals surface area contributed by atoms with E-state index in [0.29, 0.717) is 35.5 Å². The molecule has 0 saturated carbocycles. The standard InChI is InChI=1S/C16H17FN2O2/c1-21-16(20)12-6-7-15(14(18)10-12)19-9-8-11-4-2-3-5-13(11)17/h2-7,10,19H,8-9,18H2,1H3.